The van der Waals surface area contributed by atoms with Gasteiger partial charge >= 0.3 is 24.1 Å². The molecule has 20 heteroatoms. The molecule has 244 valence electrons. The minimum Gasteiger partial charge on any atom is -0.481 e. The summed E-state index contributed by atoms with van der Waals surface area (Å²) in [5.41, 5.74) is -1.64. The van der Waals surface area contributed by atoms with Crippen LogP contribution in [0.1, 0.15) is 46.1 Å². The fourth-order valence-electron chi connectivity index (χ4n) is 3.07. The van der Waals surface area contributed by atoms with E-state index in [9.17, 15) is 40.5 Å². The molecule has 1 aliphatic rings. The van der Waals surface area contributed by atoms with Crippen molar-refractivity contribution >= 4 is 55.9 Å². The van der Waals surface area contributed by atoms with Gasteiger partial charge in [-0.2, -0.15) is 21.6 Å². The fourth-order valence-corrected chi connectivity index (χ4v) is 4.34. The fraction of sp³-hybridized carbons (Fsp3) is 0.522. The molecule has 0 aliphatic carbocycles. The number of hydrogen-bond acceptors (Lipinski definition) is 12. The third kappa shape index (κ3) is 17.4. The smallest absolute Gasteiger partial charge is 0.420 e. The number of esters is 3. The highest BCUT2D eigenvalue weighted by Gasteiger charge is 2.39. The molecule has 1 fully saturated rings. The maximum atomic E-state index is 13.4. The summed E-state index contributed by atoms with van der Waals surface area (Å²) in [4.78, 5) is 51.3. The van der Waals surface area contributed by atoms with Gasteiger partial charge in [0.1, 0.15) is 29.8 Å². The number of carbonyl (C=O) groups excluding carboxylic acids is 3. The van der Waals surface area contributed by atoms with Gasteiger partial charge in [-0.15, -0.1) is 0 Å². The zero-order chi connectivity index (χ0) is 33.7. The van der Waals surface area contributed by atoms with Gasteiger partial charge < -0.3 is 33.9 Å². The summed E-state index contributed by atoms with van der Waals surface area (Å²) in [5, 5.41) is 14.8. The first kappa shape index (κ1) is 39.7. The zero-order valence-corrected chi connectivity index (χ0v) is 25.3. The number of alkyl halides is 3. The van der Waals surface area contributed by atoms with Crippen LogP contribution in [0.15, 0.2) is 21.5 Å². The van der Waals surface area contributed by atoms with Crippen molar-refractivity contribution in [2.24, 2.45) is 0 Å². The molecule has 1 aliphatic heterocycles. The molecule has 0 spiro atoms. The van der Waals surface area contributed by atoms with Gasteiger partial charge in [0.05, 0.1) is 6.10 Å². The lowest BCUT2D eigenvalue weighted by Gasteiger charge is -2.34. The highest BCUT2D eigenvalue weighted by atomic mass is 79.9. The van der Waals surface area contributed by atoms with Gasteiger partial charge in [-0.25, -0.2) is 4.79 Å². The van der Waals surface area contributed by atoms with Crippen LogP contribution in [0.3, 0.4) is 0 Å². The maximum Gasteiger partial charge on any atom is 0.420 e. The largest absolute Gasteiger partial charge is 0.481 e. The molecule has 3 unspecified atom stereocenters. The van der Waals surface area contributed by atoms with E-state index >= 15 is 0 Å². The lowest BCUT2D eigenvalue weighted by atomic mass is 10.1. The Morgan fingerprint density at radius 3 is 1.98 bits per heavy atom. The Morgan fingerprint density at radius 2 is 1.53 bits per heavy atom. The Hall–Kier alpha value is -3.33. The van der Waals surface area contributed by atoms with Gasteiger partial charge in [-0.1, -0.05) is 15.9 Å². The first-order valence-electron chi connectivity index (χ1n) is 11.6. The number of carboxylic acid groups (broad SMARTS) is 2. The van der Waals surface area contributed by atoms with Gasteiger partial charge in [0.15, 0.2) is 12.0 Å². The van der Waals surface area contributed by atoms with Gasteiger partial charge in [0.2, 0.25) is 0 Å². The number of benzene rings is 1. The van der Waals surface area contributed by atoms with E-state index < -0.39 is 87.5 Å². The first-order valence-corrected chi connectivity index (χ1v) is 13.8. The number of carboxylic acids is 2. The molecule has 1 aromatic carbocycles. The standard InChI is InChI=1S/C19H20BrF3O11S.2C2H4O2/c1-9(24)30-7-13-5-12(32-10(2)25)6-17(33-13)31-8-16(26)34-18-14(19(21,22)23)3-11(20)4-15(18)35(27,28)29;2*1-2(3)4/h3-4,12-13,17H,5-8H2,1-2H3,(H,27,28,29);2*1H3,(H,3,4). The molecule has 0 saturated carbocycles. The van der Waals surface area contributed by atoms with E-state index in [0.29, 0.717) is 12.1 Å². The molecule has 43 heavy (non-hydrogen) atoms. The summed E-state index contributed by atoms with van der Waals surface area (Å²) in [7, 11) is -5.22. The predicted molar refractivity (Wildman–Crippen MR) is 137 cm³/mol. The number of ether oxygens (including phenoxy) is 5. The normalized spacial score (nSPS) is 18.0. The summed E-state index contributed by atoms with van der Waals surface area (Å²) in [6.45, 7) is 3.26. The highest BCUT2D eigenvalue weighted by molar-refractivity contribution is 9.10. The summed E-state index contributed by atoms with van der Waals surface area (Å²) < 4.78 is 97.7. The van der Waals surface area contributed by atoms with Crippen molar-refractivity contribution < 1.29 is 84.0 Å². The van der Waals surface area contributed by atoms with E-state index in [0.717, 1.165) is 27.7 Å². The summed E-state index contributed by atoms with van der Waals surface area (Å²) in [6.07, 6.45) is -7.80. The van der Waals surface area contributed by atoms with Crippen molar-refractivity contribution in [2.45, 2.75) is 70.1 Å². The SMILES string of the molecule is CC(=O)O.CC(=O)O.CC(=O)OCC1CC(OC(C)=O)CC(OCC(=O)Oc2c(C(F)(F)F)cc(Br)cc2S(=O)(=O)O)O1. The number of rotatable bonds is 8. The van der Waals surface area contributed by atoms with Crippen molar-refractivity contribution in [1.29, 1.82) is 0 Å². The van der Waals surface area contributed by atoms with Crippen molar-refractivity contribution in [2.75, 3.05) is 13.2 Å². The molecule has 0 radical (unpaired) electrons. The quantitative estimate of drug-likeness (QED) is 0.200. The van der Waals surface area contributed by atoms with Crippen LogP contribution >= 0.6 is 15.9 Å². The minimum atomic E-state index is -5.22. The Bertz CT molecular complexity index is 1250. The Balaban J connectivity index is 0.00000195. The summed E-state index contributed by atoms with van der Waals surface area (Å²) in [6, 6.07) is 1.09. The van der Waals surface area contributed by atoms with Crippen molar-refractivity contribution in [3.63, 3.8) is 0 Å². The average Bonchev–Trinajstić information content (AvgIpc) is 2.79. The van der Waals surface area contributed by atoms with Crippen LogP contribution in [-0.2, 0) is 59.2 Å². The summed E-state index contributed by atoms with van der Waals surface area (Å²) in [5.74, 6) is -5.77. The molecule has 1 aromatic rings. The third-order valence-corrected chi connectivity index (χ3v) is 5.65. The molecule has 2 rings (SSSR count). The van der Waals surface area contributed by atoms with E-state index in [1.54, 1.807) is 0 Å². The number of carbonyl (C=O) groups is 5. The molecular formula is C23H28BrF3O15S. The third-order valence-electron chi connectivity index (χ3n) is 4.34. The van der Waals surface area contributed by atoms with Crippen LogP contribution in [0.2, 0.25) is 0 Å². The lowest BCUT2D eigenvalue weighted by molar-refractivity contribution is -0.230. The monoisotopic (exact) mass is 712 g/mol. The minimum absolute atomic E-state index is 0.0637. The van der Waals surface area contributed by atoms with E-state index in [-0.39, 0.29) is 23.9 Å². The van der Waals surface area contributed by atoms with Crippen LogP contribution in [-0.4, -0.2) is 84.7 Å². The Morgan fingerprint density at radius 1 is 1.00 bits per heavy atom. The van der Waals surface area contributed by atoms with Crippen LogP contribution < -0.4 is 4.74 Å². The van der Waals surface area contributed by atoms with Crippen LogP contribution in [0.5, 0.6) is 5.75 Å². The predicted octanol–water partition coefficient (Wildman–Crippen LogP) is 2.82. The van der Waals surface area contributed by atoms with Gasteiger partial charge in [-0.3, -0.25) is 23.7 Å². The molecular weight excluding hydrogens is 685 g/mol. The van der Waals surface area contributed by atoms with Crippen LogP contribution in [0, 0.1) is 0 Å². The molecule has 0 amide bonds. The van der Waals surface area contributed by atoms with Gasteiger partial charge in [0.25, 0.3) is 22.1 Å². The summed E-state index contributed by atoms with van der Waals surface area (Å²) >= 11 is 2.71. The molecule has 15 nitrogen and oxygen atoms in total. The van der Waals surface area contributed by atoms with E-state index in [1.807, 2.05) is 0 Å². The van der Waals surface area contributed by atoms with Crippen molar-refractivity contribution in [3.05, 3.63) is 22.2 Å². The molecule has 3 atom stereocenters. The zero-order valence-electron chi connectivity index (χ0n) is 22.9. The Kier molecular flexibility index (Phi) is 16.3. The number of halogens is 4. The molecule has 1 saturated heterocycles. The molecule has 0 bridgehead atoms. The number of hydrogen-bond donors (Lipinski definition) is 3. The molecule has 3 N–H and O–H groups in total. The maximum absolute atomic E-state index is 13.4. The average molecular weight is 713 g/mol. The second-order valence-electron chi connectivity index (χ2n) is 8.27. The highest BCUT2D eigenvalue weighted by Crippen LogP contribution is 2.42. The van der Waals surface area contributed by atoms with Crippen LogP contribution in [0.4, 0.5) is 13.2 Å². The van der Waals surface area contributed by atoms with E-state index in [1.165, 1.54) is 0 Å². The topological polar surface area (TPSA) is 226 Å². The Labute approximate surface area is 251 Å². The first-order chi connectivity index (χ1) is 19.5. The van der Waals surface area contributed by atoms with E-state index in [2.05, 4.69) is 20.7 Å². The second kappa shape index (κ2) is 17.7. The van der Waals surface area contributed by atoms with Crippen molar-refractivity contribution in [3.8, 4) is 5.75 Å². The second-order valence-corrected chi connectivity index (χ2v) is 10.6. The number of aliphatic carboxylic acids is 2. The van der Waals surface area contributed by atoms with Crippen LogP contribution in [0.25, 0.3) is 0 Å². The molecule has 1 heterocycles. The lowest BCUT2D eigenvalue weighted by Crippen LogP contribution is -2.42. The van der Waals surface area contributed by atoms with Crippen molar-refractivity contribution in [1.82, 2.24) is 0 Å². The van der Waals surface area contributed by atoms with Gasteiger partial charge in [0, 0.05) is 45.0 Å². The molecule has 0 aromatic heterocycles. The van der Waals surface area contributed by atoms with Gasteiger partial charge in [-0.05, 0) is 12.1 Å². The van der Waals surface area contributed by atoms with E-state index in [4.69, 9.17) is 38.7 Å².